The van der Waals surface area contributed by atoms with Gasteiger partial charge in [0.1, 0.15) is 13.2 Å². The molecule has 1 fully saturated rings. The summed E-state index contributed by atoms with van der Waals surface area (Å²) in [5.74, 6) is 1.91. The molecular weight excluding hydrogens is 368 g/mol. The van der Waals surface area contributed by atoms with E-state index in [4.69, 9.17) is 14.2 Å². The van der Waals surface area contributed by atoms with Crippen molar-refractivity contribution in [2.75, 3.05) is 46.5 Å². The second kappa shape index (κ2) is 9.01. The summed E-state index contributed by atoms with van der Waals surface area (Å²) in [6.45, 7) is 5.18. The van der Waals surface area contributed by atoms with Crippen LogP contribution in [0.1, 0.15) is 11.1 Å². The fraction of sp³-hybridized carbons (Fsp3) is 0.348. The number of rotatable bonds is 5. The van der Waals surface area contributed by atoms with E-state index in [1.54, 1.807) is 19.3 Å². The van der Waals surface area contributed by atoms with Crippen LogP contribution in [0.2, 0.25) is 0 Å². The van der Waals surface area contributed by atoms with Crippen molar-refractivity contribution < 1.29 is 19.0 Å². The van der Waals surface area contributed by atoms with Crippen molar-refractivity contribution >= 4 is 12.0 Å². The number of ether oxygens (including phenoxy) is 3. The third-order valence-corrected chi connectivity index (χ3v) is 5.20. The quantitative estimate of drug-likeness (QED) is 0.730. The lowest BCUT2D eigenvalue weighted by atomic mass is 10.1. The minimum absolute atomic E-state index is 0.0261. The van der Waals surface area contributed by atoms with Crippen LogP contribution >= 0.6 is 0 Å². The van der Waals surface area contributed by atoms with Gasteiger partial charge in [-0.25, -0.2) is 0 Å². The van der Waals surface area contributed by atoms with Gasteiger partial charge in [0.15, 0.2) is 11.5 Å². The van der Waals surface area contributed by atoms with E-state index < -0.39 is 0 Å². The van der Waals surface area contributed by atoms with Gasteiger partial charge < -0.3 is 19.1 Å². The molecule has 0 unspecified atom stereocenters. The molecule has 1 saturated heterocycles. The van der Waals surface area contributed by atoms with Crippen LogP contribution in [0.3, 0.4) is 0 Å². The van der Waals surface area contributed by atoms with Crippen molar-refractivity contribution in [3.05, 3.63) is 59.7 Å². The van der Waals surface area contributed by atoms with E-state index in [9.17, 15) is 4.79 Å². The van der Waals surface area contributed by atoms with Gasteiger partial charge in [0.05, 0.1) is 7.11 Å². The summed E-state index contributed by atoms with van der Waals surface area (Å²) in [6.07, 6.45) is 3.43. The molecule has 2 aromatic carbocycles. The van der Waals surface area contributed by atoms with E-state index in [-0.39, 0.29) is 5.91 Å². The van der Waals surface area contributed by atoms with E-state index in [0.29, 0.717) is 30.5 Å². The summed E-state index contributed by atoms with van der Waals surface area (Å²) in [5.41, 5.74) is 2.15. The Bertz CT molecular complexity index is 857. The Morgan fingerprint density at radius 1 is 1.07 bits per heavy atom. The molecule has 0 N–H and O–H groups in total. The zero-order valence-corrected chi connectivity index (χ0v) is 16.7. The van der Waals surface area contributed by atoms with Crippen molar-refractivity contribution in [3.63, 3.8) is 0 Å². The number of piperazine rings is 1. The molecule has 6 heteroatoms. The maximum atomic E-state index is 12.6. The predicted molar refractivity (Wildman–Crippen MR) is 111 cm³/mol. The van der Waals surface area contributed by atoms with Crippen LogP contribution in [0.15, 0.2) is 48.5 Å². The zero-order valence-electron chi connectivity index (χ0n) is 16.7. The van der Waals surface area contributed by atoms with E-state index in [0.717, 1.165) is 38.3 Å². The number of hydrogen-bond donors (Lipinski definition) is 0. The molecule has 0 aliphatic carbocycles. The Kier molecular flexibility index (Phi) is 6.00. The fourth-order valence-electron chi connectivity index (χ4n) is 3.63. The third-order valence-electron chi connectivity index (χ3n) is 5.20. The van der Waals surface area contributed by atoms with Crippen LogP contribution in [0, 0.1) is 0 Å². The molecule has 2 heterocycles. The third kappa shape index (κ3) is 4.71. The van der Waals surface area contributed by atoms with E-state index in [2.05, 4.69) is 29.2 Å². The summed E-state index contributed by atoms with van der Waals surface area (Å²) >= 11 is 0. The van der Waals surface area contributed by atoms with Gasteiger partial charge in [-0.3, -0.25) is 9.69 Å². The van der Waals surface area contributed by atoms with Crippen molar-refractivity contribution in [2.24, 2.45) is 0 Å². The predicted octanol–water partition coefficient (Wildman–Crippen LogP) is 2.82. The molecule has 152 valence electrons. The van der Waals surface area contributed by atoms with Crippen molar-refractivity contribution in [1.82, 2.24) is 9.80 Å². The molecule has 0 atom stereocenters. The number of methoxy groups -OCH3 is 1. The molecule has 2 aliphatic heterocycles. The van der Waals surface area contributed by atoms with E-state index in [1.807, 2.05) is 23.1 Å². The highest BCUT2D eigenvalue weighted by molar-refractivity contribution is 5.92. The lowest BCUT2D eigenvalue weighted by Crippen LogP contribution is -2.47. The van der Waals surface area contributed by atoms with Crippen LogP contribution in [0.25, 0.3) is 6.08 Å². The number of hydrogen-bond acceptors (Lipinski definition) is 5. The average Bonchev–Trinajstić information content (AvgIpc) is 2.78. The van der Waals surface area contributed by atoms with Gasteiger partial charge in [-0.05, 0) is 29.3 Å². The molecule has 2 aliphatic rings. The molecule has 0 saturated carbocycles. The first-order valence-electron chi connectivity index (χ1n) is 9.94. The Balaban J connectivity index is 1.34. The molecule has 1 amide bonds. The van der Waals surface area contributed by atoms with Gasteiger partial charge in [0.2, 0.25) is 11.7 Å². The minimum atomic E-state index is 0.0261. The second-order valence-electron chi connectivity index (χ2n) is 7.17. The highest BCUT2D eigenvalue weighted by atomic mass is 16.6. The maximum Gasteiger partial charge on any atom is 0.246 e. The Labute approximate surface area is 171 Å². The van der Waals surface area contributed by atoms with E-state index >= 15 is 0 Å². The first-order chi connectivity index (χ1) is 14.2. The summed E-state index contributed by atoms with van der Waals surface area (Å²) < 4.78 is 16.7. The normalized spacial score (nSPS) is 16.8. The Morgan fingerprint density at radius 2 is 1.83 bits per heavy atom. The number of carbonyl (C=O) groups is 1. The zero-order chi connectivity index (χ0) is 20.1. The number of amides is 1. The summed E-state index contributed by atoms with van der Waals surface area (Å²) in [4.78, 5) is 16.9. The summed E-state index contributed by atoms with van der Waals surface area (Å²) in [6, 6.07) is 14.2. The maximum absolute atomic E-state index is 12.6. The van der Waals surface area contributed by atoms with Crippen LogP contribution in [-0.4, -0.2) is 62.2 Å². The van der Waals surface area contributed by atoms with Crippen LogP contribution in [-0.2, 0) is 11.3 Å². The number of nitrogens with zero attached hydrogens (tertiary/aromatic N) is 2. The largest absolute Gasteiger partial charge is 0.493 e. The second-order valence-corrected chi connectivity index (χ2v) is 7.17. The van der Waals surface area contributed by atoms with Gasteiger partial charge >= 0.3 is 0 Å². The number of carbonyl (C=O) groups excluding carboxylic acids is 1. The van der Waals surface area contributed by atoms with Gasteiger partial charge in [-0.15, -0.1) is 0 Å². The average molecular weight is 394 g/mol. The van der Waals surface area contributed by atoms with Crippen molar-refractivity contribution in [1.29, 1.82) is 0 Å². The van der Waals surface area contributed by atoms with Gasteiger partial charge in [0, 0.05) is 38.8 Å². The SMILES string of the molecule is COc1cc(/C=C/C(=O)N2CCN(Cc3ccccc3)CC2)cc2c1OCCO2. The van der Waals surface area contributed by atoms with Crippen LogP contribution in [0.4, 0.5) is 0 Å². The highest BCUT2D eigenvalue weighted by Crippen LogP contribution is 2.40. The summed E-state index contributed by atoms with van der Waals surface area (Å²) in [7, 11) is 1.60. The van der Waals surface area contributed by atoms with Gasteiger partial charge in [0.25, 0.3) is 0 Å². The molecule has 0 spiro atoms. The molecule has 4 rings (SSSR count). The van der Waals surface area contributed by atoms with Crippen LogP contribution < -0.4 is 14.2 Å². The first-order valence-corrected chi connectivity index (χ1v) is 9.94. The molecule has 2 aromatic rings. The molecule has 0 aromatic heterocycles. The highest BCUT2D eigenvalue weighted by Gasteiger charge is 2.20. The van der Waals surface area contributed by atoms with E-state index in [1.165, 1.54) is 5.56 Å². The molecule has 29 heavy (non-hydrogen) atoms. The number of fused-ring (bicyclic) bond motifs is 1. The molecule has 0 bridgehead atoms. The van der Waals surface area contributed by atoms with Crippen molar-refractivity contribution in [2.45, 2.75) is 6.54 Å². The summed E-state index contributed by atoms with van der Waals surface area (Å²) in [5, 5.41) is 0. The van der Waals surface area contributed by atoms with Crippen molar-refractivity contribution in [3.8, 4) is 17.2 Å². The topological polar surface area (TPSA) is 51.2 Å². The standard InChI is InChI=1S/C23H26N2O4/c1-27-20-15-19(16-21-23(20)29-14-13-28-21)7-8-22(26)25-11-9-24(10-12-25)17-18-5-3-2-4-6-18/h2-8,15-16H,9-14,17H2,1H3/b8-7+. The monoisotopic (exact) mass is 394 g/mol. The smallest absolute Gasteiger partial charge is 0.246 e. The molecule has 0 radical (unpaired) electrons. The fourth-order valence-corrected chi connectivity index (χ4v) is 3.63. The Morgan fingerprint density at radius 3 is 2.59 bits per heavy atom. The minimum Gasteiger partial charge on any atom is -0.493 e. The molecular formula is C23H26N2O4. The Hall–Kier alpha value is -2.99. The molecule has 6 nitrogen and oxygen atoms in total. The van der Waals surface area contributed by atoms with Crippen LogP contribution in [0.5, 0.6) is 17.2 Å². The van der Waals surface area contributed by atoms with Gasteiger partial charge in [-0.1, -0.05) is 30.3 Å². The number of benzene rings is 2. The van der Waals surface area contributed by atoms with Gasteiger partial charge in [-0.2, -0.15) is 0 Å². The lowest BCUT2D eigenvalue weighted by Gasteiger charge is -2.34. The lowest BCUT2D eigenvalue weighted by molar-refractivity contribution is -0.127. The first kappa shape index (κ1) is 19.3.